The molecular weight excluding hydrogens is 172 g/mol. The van der Waals surface area contributed by atoms with Gasteiger partial charge in [-0.05, 0) is 13.8 Å². The monoisotopic (exact) mass is 188 g/mol. The summed E-state index contributed by atoms with van der Waals surface area (Å²) in [6.07, 6.45) is -0.0833. The van der Waals surface area contributed by atoms with Crippen LogP contribution in [0.5, 0.6) is 0 Å². The average Bonchev–Trinajstić information content (AvgIpc) is 2.11. The van der Waals surface area contributed by atoms with Gasteiger partial charge in [0.15, 0.2) is 11.6 Å². The first-order valence-electron chi connectivity index (χ1n) is 4.39. The van der Waals surface area contributed by atoms with Crippen molar-refractivity contribution in [1.29, 1.82) is 0 Å². The van der Waals surface area contributed by atoms with Crippen LogP contribution in [0.4, 0.5) is 0 Å². The second-order valence-corrected chi connectivity index (χ2v) is 2.53. The van der Waals surface area contributed by atoms with Gasteiger partial charge in [0.1, 0.15) is 13.2 Å². The van der Waals surface area contributed by atoms with E-state index >= 15 is 0 Å². The molecule has 0 fully saturated rings. The fraction of sp³-hybridized carbons (Fsp3) is 0.778. The van der Waals surface area contributed by atoms with E-state index < -0.39 is 0 Å². The topological polar surface area (TPSA) is 52.6 Å². The molecule has 4 heteroatoms. The third kappa shape index (κ3) is 7.62. The SMILES string of the molecule is CCOCC(=O)CC(=O)COCC. The van der Waals surface area contributed by atoms with Gasteiger partial charge in [-0.1, -0.05) is 0 Å². The Kier molecular flexibility index (Phi) is 7.44. The fourth-order valence-electron chi connectivity index (χ4n) is 0.754. The van der Waals surface area contributed by atoms with Crippen molar-refractivity contribution in [2.45, 2.75) is 20.3 Å². The zero-order valence-electron chi connectivity index (χ0n) is 8.17. The van der Waals surface area contributed by atoms with E-state index in [9.17, 15) is 9.59 Å². The quantitative estimate of drug-likeness (QED) is 0.523. The summed E-state index contributed by atoms with van der Waals surface area (Å²) in [6.45, 7) is 4.63. The maximum absolute atomic E-state index is 11.0. The molecule has 0 aromatic carbocycles. The number of hydrogen-bond donors (Lipinski definition) is 0. The van der Waals surface area contributed by atoms with E-state index in [1.807, 2.05) is 0 Å². The predicted molar refractivity (Wildman–Crippen MR) is 47.6 cm³/mol. The van der Waals surface area contributed by atoms with Crippen LogP contribution in [-0.2, 0) is 19.1 Å². The first kappa shape index (κ1) is 12.3. The Hall–Kier alpha value is -0.740. The van der Waals surface area contributed by atoms with E-state index in [-0.39, 0.29) is 31.2 Å². The van der Waals surface area contributed by atoms with E-state index in [4.69, 9.17) is 9.47 Å². The molecule has 0 saturated heterocycles. The summed E-state index contributed by atoms with van der Waals surface area (Å²) < 4.78 is 9.72. The van der Waals surface area contributed by atoms with Crippen LogP contribution in [0.3, 0.4) is 0 Å². The van der Waals surface area contributed by atoms with Gasteiger partial charge in [-0.3, -0.25) is 9.59 Å². The first-order valence-corrected chi connectivity index (χ1v) is 4.39. The lowest BCUT2D eigenvalue weighted by Gasteiger charge is -2.00. The largest absolute Gasteiger partial charge is 0.374 e. The summed E-state index contributed by atoms with van der Waals surface area (Å²) in [7, 11) is 0. The number of rotatable bonds is 8. The van der Waals surface area contributed by atoms with Crippen LogP contribution >= 0.6 is 0 Å². The summed E-state index contributed by atoms with van der Waals surface area (Å²) in [5, 5.41) is 0. The summed E-state index contributed by atoms with van der Waals surface area (Å²) in [6, 6.07) is 0. The highest BCUT2D eigenvalue weighted by Crippen LogP contribution is 1.89. The molecular formula is C9H16O4. The molecule has 0 N–H and O–H groups in total. The standard InChI is InChI=1S/C9H16O4/c1-3-12-6-8(10)5-9(11)7-13-4-2/h3-7H2,1-2H3. The van der Waals surface area contributed by atoms with E-state index in [2.05, 4.69) is 0 Å². The molecule has 0 bridgehead atoms. The third-order valence-electron chi connectivity index (χ3n) is 1.33. The maximum Gasteiger partial charge on any atom is 0.165 e. The van der Waals surface area contributed by atoms with Gasteiger partial charge in [-0.2, -0.15) is 0 Å². The Morgan fingerprint density at radius 1 is 0.923 bits per heavy atom. The lowest BCUT2D eigenvalue weighted by molar-refractivity contribution is -0.131. The van der Waals surface area contributed by atoms with Crippen molar-refractivity contribution >= 4 is 11.6 Å². The minimum Gasteiger partial charge on any atom is -0.374 e. The molecule has 0 aliphatic carbocycles. The maximum atomic E-state index is 11.0. The molecule has 0 aromatic rings. The van der Waals surface area contributed by atoms with Crippen LogP contribution in [0.15, 0.2) is 0 Å². The Balaban J connectivity index is 3.47. The predicted octanol–water partition coefficient (Wildman–Crippen LogP) is 0.588. The molecule has 4 nitrogen and oxygen atoms in total. The third-order valence-corrected chi connectivity index (χ3v) is 1.33. The summed E-state index contributed by atoms with van der Waals surface area (Å²) in [4.78, 5) is 21.9. The minimum absolute atomic E-state index is 0.0222. The van der Waals surface area contributed by atoms with Gasteiger partial charge in [0.2, 0.25) is 0 Å². The molecule has 13 heavy (non-hydrogen) atoms. The second-order valence-electron chi connectivity index (χ2n) is 2.53. The highest BCUT2D eigenvalue weighted by Gasteiger charge is 2.08. The smallest absolute Gasteiger partial charge is 0.165 e. The Labute approximate surface area is 78.2 Å². The highest BCUT2D eigenvalue weighted by atomic mass is 16.5. The molecule has 76 valence electrons. The molecule has 0 amide bonds. The van der Waals surface area contributed by atoms with E-state index in [0.717, 1.165) is 0 Å². The van der Waals surface area contributed by atoms with E-state index in [1.165, 1.54) is 0 Å². The lowest BCUT2D eigenvalue weighted by Crippen LogP contribution is -2.17. The number of ether oxygens (including phenoxy) is 2. The van der Waals surface area contributed by atoms with Crippen molar-refractivity contribution in [3.63, 3.8) is 0 Å². The number of carbonyl (C=O) groups excluding carboxylic acids is 2. The summed E-state index contributed by atoms with van der Waals surface area (Å²) >= 11 is 0. The molecule has 0 aliphatic heterocycles. The average molecular weight is 188 g/mol. The van der Waals surface area contributed by atoms with Crippen LogP contribution < -0.4 is 0 Å². The van der Waals surface area contributed by atoms with Crippen molar-refractivity contribution in [2.75, 3.05) is 26.4 Å². The van der Waals surface area contributed by atoms with Crippen molar-refractivity contribution in [2.24, 2.45) is 0 Å². The molecule has 0 aliphatic rings. The van der Waals surface area contributed by atoms with Crippen LogP contribution in [0, 0.1) is 0 Å². The Morgan fingerprint density at radius 2 is 1.31 bits per heavy atom. The molecule has 0 rings (SSSR count). The molecule has 0 heterocycles. The van der Waals surface area contributed by atoms with Crippen LogP contribution in [0.25, 0.3) is 0 Å². The van der Waals surface area contributed by atoms with Crippen LogP contribution in [0.2, 0.25) is 0 Å². The van der Waals surface area contributed by atoms with Crippen molar-refractivity contribution in [3.8, 4) is 0 Å². The number of Topliss-reactive ketones (excluding diaryl/α,β-unsaturated/α-hetero) is 2. The highest BCUT2D eigenvalue weighted by molar-refractivity contribution is 6.00. The van der Waals surface area contributed by atoms with Gasteiger partial charge in [0.25, 0.3) is 0 Å². The van der Waals surface area contributed by atoms with Gasteiger partial charge < -0.3 is 9.47 Å². The number of hydrogen-bond acceptors (Lipinski definition) is 4. The number of ketones is 2. The van der Waals surface area contributed by atoms with Gasteiger partial charge in [0, 0.05) is 13.2 Å². The van der Waals surface area contributed by atoms with E-state index in [0.29, 0.717) is 13.2 Å². The van der Waals surface area contributed by atoms with Crippen molar-refractivity contribution < 1.29 is 19.1 Å². The van der Waals surface area contributed by atoms with Gasteiger partial charge in [-0.15, -0.1) is 0 Å². The Morgan fingerprint density at radius 3 is 1.62 bits per heavy atom. The molecule has 0 radical (unpaired) electrons. The van der Waals surface area contributed by atoms with Crippen molar-refractivity contribution in [3.05, 3.63) is 0 Å². The lowest BCUT2D eigenvalue weighted by atomic mass is 10.2. The molecule has 0 atom stereocenters. The molecule has 0 saturated carbocycles. The molecule has 0 spiro atoms. The fourth-order valence-corrected chi connectivity index (χ4v) is 0.754. The normalized spacial score (nSPS) is 10.0. The molecule has 0 unspecified atom stereocenters. The second kappa shape index (κ2) is 7.89. The van der Waals surface area contributed by atoms with Gasteiger partial charge in [0.05, 0.1) is 6.42 Å². The minimum atomic E-state index is -0.188. The van der Waals surface area contributed by atoms with E-state index in [1.54, 1.807) is 13.8 Å². The Bertz CT molecular complexity index is 147. The zero-order valence-corrected chi connectivity index (χ0v) is 8.17. The van der Waals surface area contributed by atoms with Gasteiger partial charge in [-0.25, -0.2) is 0 Å². The van der Waals surface area contributed by atoms with Crippen molar-refractivity contribution in [1.82, 2.24) is 0 Å². The summed E-state index contributed by atoms with van der Waals surface area (Å²) in [5.74, 6) is -0.377. The zero-order chi connectivity index (χ0) is 10.1. The molecule has 0 aromatic heterocycles. The number of carbonyl (C=O) groups is 2. The van der Waals surface area contributed by atoms with Gasteiger partial charge >= 0.3 is 0 Å². The summed E-state index contributed by atoms with van der Waals surface area (Å²) in [5.41, 5.74) is 0. The van der Waals surface area contributed by atoms with Crippen LogP contribution in [0.1, 0.15) is 20.3 Å². The first-order chi connectivity index (χ1) is 6.20. The van der Waals surface area contributed by atoms with Crippen LogP contribution in [-0.4, -0.2) is 38.0 Å².